The average Bonchev–Trinajstić information content (AvgIpc) is 2.70. The summed E-state index contributed by atoms with van der Waals surface area (Å²) >= 11 is 0. The van der Waals surface area contributed by atoms with E-state index in [0.717, 1.165) is 19.4 Å². The van der Waals surface area contributed by atoms with Gasteiger partial charge in [-0.25, -0.2) is 0 Å². The zero-order valence-electron chi connectivity index (χ0n) is 16.3. The highest BCUT2D eigenvalue weighted by atomic mass is 16.5. The third-order valence-corrected chi connectivity index (χ3v) is 4.93. The van der Waals surface area contributed by atoms with Crippen LogP contribution >= 0.6 is 0 Å². The lowest BCUT2D eigenvalue weighted by Crippen LogP contribution is -2.43. The molecule has 1 aliphatic heterocycles. The molecule has 5 heteroatoms. The minimum atomic E-state index is -0.388. The molecule has 5 nitrogen and oxygen atoms in total. The van der Waals surface area contributed by atoms with Crippen molar-refractivity contribution >= 4 is 11.9 Å². The van der Waals surface area contributed by atoms with Crippen LogP contribution in [-0.2, 0) is 14.3 Å². The Hall–Kier alpha value is -2.66. The van der Waals surface area contributed by atoms with Gasteiger partial charge >= 0.3 is 5.97 Å². The number of hydrogen-bond acceptors (Lipinski definition) is 5. The maximum Gasteiger partial charge on any atom is 0.315 e. The molecule has 3 rings (SSSR count). The summed E-state index contributed by atoms with van der Waals surface area (Å²) < 4.78 is 10.7. The molecule has 0 radical (unpaired) electrons. The Balaban J connectivity index is 1.71. The first kappa shape index (κ1) is 20.1. The fraction of sp³-hybridized carbons (Fsp3) is 0.391. The van der Waals surface area contributed by atoms with Crippen LogP contribution < -0.4 is 0 Å². The summed E-state index contributed by atoms with van der Waals surface area (Å²) in [6.45, 7) is 3.82. The van der Waals surface area contributed by atoms with Gasteiger partial charge in [-0.05, 0) is 37.4 Å². The summed E-state index contributed by atoms with van der Waals surface area (Å²) in [5.74, 6) is -0.423. The number of ether oxygens (including phenoxy) is 2. The van der Waals surface area contributed by atoms with E-state index in [1.54, 1.807) is 6.92 Å². The molecule has 1 saturated heterocycles. The quantitative estimate of drug-likeness (QED) is 0.444. The van der Waals surface area contributed by atoms with Crippen molar-refractivity contribution in [2.24, 2.45) is 0 Å². The molecule has 0 aromatic heterocycles. The van der Waals surface area contributed by atoms with E-state index in [1.165, 1.54) is 11.1 Å². The lowest BCUT2D eigenvalue weighted by atomic mass is 9.94. The van der Waals surface area contributed by atoms with Gasteiger partial charge in [0.2, 0.25) is 0 Å². The number of hydrogen-bond donors (Lipinski definition) is 1. The molecule has 0 amide bonds. The number of nitrogens with one attached hydrogen (secondary N) is 1. The molecule has 1 aliphatic rings. The fourth-order valence-corrected chi connectivity index (χ4v) is 3.77. The molecule has 1 atom stereocenters. The zero-order valence-corrected chi connectivity index (χ0v) is 16.3. The second-order valence-corrected chi connectivity index (χ2v) is 7.01. The molecule has 28 heavy (non-hydrogen) atoms. The van der Waals surface area contributed by atoms with Crippen LogP contribution in [0, 0.1) is 5.41 Å². The lowest BCUT2D eigenvalue weighted by molar-refractivity contribution is -0.150. The van der Waals surface area contributed by atoms with Crippen LogP contribution in [0.3, 0.4) is 0 Å². The van der Waals surface area contributed by atoms with Crippen molar-refractivity contribution < 1.29 is 14.3 Å². The van der Waals surface area contributed by atoms with Crippen molar-refractivity contribution in [3.05, 3.63) is 71.8 Å². The molecule has 0 saturated carbocycles. The third kappa shape index (κ3) is 5.42. The second-order valence-electron chi connectivity index (χ2n) is 7.01. The Morgan fingerprint density at radius 1 is 1.11 bits per heavy atom. The summed E-state index contributed by atoms with van der Waals surface area (Å²) in [6, 6.07) is 21.0. The Kier molecular flexibility index (Phi) is 7.20. The fourth-order valence-electron chi connectivity index (χ4n) is 3.77. The third-order valence-electron chi connectivity index (χ3n) is 4.93. The number of piperidine rings is 1. The molecule has 1 N–H and O–H groups in total. The zero-order chi connectivity index (χ0) is 19.8. The van der Waals surface area contributed by atoms with E-state index in [-0.39, 0.29) is 30.4 Å². The number of benzene rings is 2. The maximum atomic E-state index is 12.2. The molecule has 1 fully saturated rings. The minimum absolute atomic E-state index is 0.0355. The van der Waals surface area contributed by atoms with Gasteiger partial charge in [0.15, 0.2) is 5.90 Å². The van der Waals surface area contributed by atoms with Crippen LogP contribution in [-0.4, -0.2) is 42.6 Å². The number of esters is 1. The molecule has 0 aliphatic carbocycles. The van der Waals surface area contributed by atoms with E-state index >= 15 is 0 Å². The van der Waals surface area contributed by atoms with E-state index in [0.29, 0.717) is 13.2 Å². The summed E-state index contributed by atoms with van der Waals surface area (Å²) in [5, 5.41) is 7.64. The smallest absolute Gasteiger partial charge is 0.315 e. The number of likely N-dealkylation sites (tertiary alicyclic amines) is 1. The van der Waals surface area contributed by atoms with E-state index in [9.17, 15) is 4.79 Å². The van der Waals surface area contributed by atoms with Gasteiger partial charge in [0.05, 0.1) is 12.6 Å². The highest BCUT2D eigenvalue weighted by Gasteiger charge is 2.30. The first-order chi connectivity index (χ1) is 13.7. The summed E-state index contributed by atoms with van der Waals surface area (Å²) in [6.07, 6.45) is 1.55. The number of carbonyl (C=O) groups excluding carboxylic acids is 1. The molecular formula is C23H28N2O3. The van der Waals surface area contributed by atoms with Gasteiger partial charge < -0.3 is 9.47 Å². The van der Waals surface area contributed by atoms with Crippen LogP contribution in [0.15, 0.2) is 60.7 Å². The van der Waals surface area contributed by atoms with Crippen LogP contribution in [0.25, 0.3) is 0 Å². The summed E-state index contributed by atoms with van der Waals surface area (Å²) in [4.78, 5) is 14.5. The maximum absolute atomic E-state index is 12.2. The van der Waals surface area contributed by atoms with Crippen LogP contribution in [0.1, 0.15) is 43.4 Å². The molecule has 2 aromatic rings. The van der Waals surface area contributed by atoms with Crippen molar-refractivity contribution in [2.45, 2.75) is 38.3 Å². The van der Waals surface area contributed by atoms with E-state index in [4.69, 9.17) is 14.9 Å². The van der Waals surface area contributed by atoms with Gasteiger partial charge in [0.1, 0.15) is 12.5 Å². The summed E-state index contributed by atoms with van der Waals surface area (Å²) in [7, 11) is 0. The van der Waals surface area contributed by atoms with Crippen LogP contribution in [0.2, 0.25) is 0 Å². The molecule has 0 spiro atoms. The SMILES string of the molecule is CCOC(=N)CC(=O)OC1CCCN(C(c2ccccc2)c2ccccc2)C1. The van der Waals surface area contributed by atoms with Crippen molar-refractivity contribution in [1.29, 1.82) is 5.41 Å². The van der Waals surface area contributed by atoms with Crippen molar-refractivity contribution in [1.82, 2.24) is 4.90 Å². The largest absolute Gasteiger partial charge is 0.481 e. The number of nitrogens with zero attached hydrogens (tertiary/aromatic N) is 1. The Bertz CT molecular complexity index is 724. The van der Waals surface area contributed by atoms with E-state index in [2.05, 4.69) is 53.4 Å². The van der Waals surface area contributed by atoms with Crippen molar-refractivity contribution in [3.8, 4) is 0 Å². The molecule has 0 bridgehead atoms. The van der Waals surface area contributed by atoms with Crippen LogP contribution in [0.5, 0.6) is 0 Å². The molecule has 1 heterocycles. The average molecular weight is 380 g/mol. The van der Waals surface area contributed by atoms with E-state index in [1.807, 2.05) is 12.1 Å². The molecule has 2 aromatic carbocycles. The summed E-state index contributed by atoms with van der Waals surface area (Å²) in [5.41, 5.74) is 2.47. The van der Waals surface area contributed by atoms with Gasteiger partial charge in [0.25, 0.3) is 0 Å². The Labute approximate surface area is 166 Å². The predicted octanol–water partition coefficient (Wildman–Crippen LogP) is 4.19. The molecular weight excluding hydrogens is 352 g/mol. The van der Waals surface area contributed by atoms with Gasteiger partial charge in [-0.15, -0.1) is 0 Å². The highest BCUT2D eigenvalue weighted by molar-refractivity contribution is 5.92. The van der Waals surface area contributed by atoms with E-state index < -0.39 is 0 Å². The number of carbonyl (C=O) groups is 1. The predicted molar refractivity (Wildman–Crippen MR) is 109 cm³/mol. The second kappa shape index (κ2) is 10.0. The molecule has 148 valence electrons. The first-order valence-electron chi connectivity index (χ1n) is 9.91. The van der Waals surface area contributed by atoms with Gasteiger partial charge in [0, 0.05) is 6.54 Å². The standard InChI is InChI=1S/C23H28N2O3/c1-2-27-21(24)16-22(26)28-20-14-9-15-25(17-20)23(18-10-5-3-6-11-18)19-12-7-4-8-13-19/h3-8,10-13,20,23-24H,2,9,14-17H2,1H3. The Morgan fingerprint density at radius 3 is 2.29 bits per heavy atom. The van der Waals surface area contributed by atoms with Crippen molar-refractivity contribution in [3.63, 3.8) is 0 Å². The topological polar surface area (TPSA) is 62.6 Å². The minimum Gasteiger partial charge on any atom is -0.481 e. The normalized spacial score (nSPS) is 17.3. The monoisotopic (exact) mass is 380 g/mol. The van der Waals surface area contributed by atoms with Crippen molar-refractivity contribution in [2.75, 3.05) is 19.7 Å². The highest BCUT2D eigenvalue weighted by Crippen LogP contribution is 2.31. The Morgan fingerprint density at radius 2 is 1.71 bits per heavy atom. The van der Waals surface area contributed by atoms with Gasteiger partial charge in [-0.2, -0.15) is 0 Å². The van der Waals surface area contributed by atoms with Gasteiger partial charge in [-0.3, -0.25) is 15.1 Å². The number of rotatable bonds is 7. The van der Waals surface area contributed by atoms with Gasteiger partial charge in [-0.1, -0.05) is 60.7 Å². The first-order valence-corrected chi connectivity index (χ1v) is 9.91. The molecule has 1 unspecified atom stereocenters. The lowest BCUT2D eigenvalue weighted by Gasteiger charge is -2.38. The van der Waals surface area contributed by atoms with Crippen LogP contribution in [0.4, 0.5) is 0 Å².